The number of carbonyl (C=O) groups excluding carboxylic acids is 1. The van der Waals surface area contributed by atoms with E-state index in [0.29, 0.717) is 5.65 Å². The summed E-state index contributed by atoms with van der Waals surface area (Å²) < 4.78 is 3.32. The van der Waals surface area contributed by atoms with E-state index in [1.165, 1.54) is 16.0 Å². The lowest BCUT2D eigenvalue weighted by molar-refractivity contribution is 0.0945. The van der Waals surface area contributed by atoms with Crippen molar-refractivity contribution < 1.29 is 4.79 Å². The second-order valence-corrected chi connectivity index (χ2v) is 8.04. The molecule has 0 aliphatic rings. The van der Waals surface area contributed by atoms with Crippen LogP contribution in [0.15, 0.2) is 90.1 Å². The first-order valence-corrected chi connectivity index (χ1v) is 11.1. The number of fused-ring (bicyclic) bond motifs is 2. The first kappa shape index (κ1) is 21.5. The van der Waals surface area contributed by atoms with Crippen LogP contribution in [0.5, 0.6) is 0 Å². The minimum absolute atomic E-state index is 0.0869. The molecule has 0 aliphatic carbocycles. The van der Waals surface area contributed by atoms with E-state index in [-0.39, 0.29) is 17.8 Å². The van der Waals surface area contributed by atoms with Crippen LogP contribution in [-0.2, 0) is 19.5 Å². The Labute approximate surface area is 195 Å². The number of hydrogen-bond donors (Lipinski definition) is 2. The molecule has 0 fully saturated rings. The number of pyridine rings is 2. The largest absolute Gasteiger partial charge is 0.345 e. The lowest BCUT2D eigenvalue weighted by Gasteiger charge is -2.05. The quantitative estimate of drug-likeness (QED) is 0.353. The van der Waals surface area contributed by atoms with Crippen LogP contribution in [0.25, 0.3) is 11.3 Å². The van der Waals surface area contributed by atoms with Gasteiger partial charge >= 0.3 is 0 Å². The van der Waals surface area contributed by atoms with E-state index in [1.54, 1.807) is 24.4 Å². The van der Waals surface area contributed by atoms with Gasteiger partial charge in [-0.1, -0.05) is 36.4 Å². The van der Waals surface area contributed by atoms with Crippen LogP contribution >= 0.6 is 0 Å². The zero-order valence-electron chi connectivity index (χ0n) is 18.5. The molecular formula is C26H24N6O2. The van der Waals surface area contributed by atoms with Crippen molar-refractivity contribution in [3.63, 3.8) is 0 Å². The Morgan fingerprint density at radius 1 is 0.853 bits per heavy atom. The van der Waals surface area contributed by atoms with Crippen LogP contribution in [0, 0.1) is 0 Å². The third kappa shape index (κ3) is 4.87. The standard InChI is InChI=1S/C26H24N6O2/c33-25-15-22(30-23-8-4-5-12-32(23)25)26(34)28-17-21-18-31-13-10-20(14-24(31)29-21)16-27-11-9-19-6-2-1-3-7-19/h1-8,10,12-15,18,27H,9,11,16-17H2,(H,28,34). The summed E-state index contributed by atoms with van der Waals surface area (Å²) in [7, 11) is 0. The molecule has 0 aliphatic heterocycles. The van der Waals surface area contributed by atoms with E-state index >= 15 is 0 Å². The Morgan fingerprint density at radius 2 is 1.71 bits per heavy atom. The average molecular weight is 453 g/mol. The molecule has 1 aromatic carbocycles. The fourth-order valence-electron chi connectivity index (χ4n) is 3.81. The van der Waals surface area contributed by atoms with Crippen LogP contribution in [0.3, 0.4) is 0 Å². The highest BCUT2D eigenvalue weighted by Crippen LogP contribution is 2.09. The van der Waals surface area contributed by atoms with Gasteiger partial charge in [-0.25, -0.2) is 9.97 Å². The van der Waals surface area contributed by atoms with E-state index in [9.17, 15) is 9.59 Å². The summed E-state index contributed by atoms with van der Waals surface area (Å²) in [5.41, 5.74) is 4.21. The maximum Gasteiger partial charge on any atom is 0.270 e. The van der Waals surface area contributed by atoms with Crippen molar-refractivity contribution >= 4 is 17.2 Å². The summed E-state index contributed by atoms with van der Waals surface area (Å²) in [5.74, 6) is -0.413. The predicted molar refractivity (Wildman–Crippen MR) is 130 cm³/mol. The van der Waals surface area contributed by atoms with E-state index in [4.69, 9.17) is 0 Å². The molecular weight excluding hydrogens is 428 g/mol. The molecule has 0 atom stereocenters. The molecule has 2 N–H and O–H groups in total. The van der Waals surface area contributed by atoms with E-state index in [2.05, 4.69) is 50.9 Å². The van der Waals surface area contributed by atoms with Gasteiger partial charge in [0.1, 0.15) is 17.0 Å². The Bertz CT molecular complexity index is 1510. The highest BCUT2D eigenvalue weighted by atomic mass is 16.2. The fourth-order valence-corrected chi connectivity index (χ4v) is 3.81. The molecule has 0 saturated carbocycles. The topological polar surface area (TPSA) is 92.8 Å². The van der Waals surface area contributed by atoms with Crippen LogP contribution in [0.2, 0.25) is 0 Å². The lowest BCUT2D eigenvalue weighted by atomic mass is 10.1. The summed E-state index contributed by atoms with van der Waals surface area (Å²) in [4.78, 5) is 33.7. The molecule has 0 saturated heterocycles. The number of rotatable bonds is 8. The van der Waals surface area contributed by atoms with Gasteiger partial charge in [0.25, 0.3) is 11.5 Å². The van der Waals surface area contributed by atoms with Crippen LogP contribution in [0.4, 0.5) is 0 Å². The van der Waals surface area contributed by atoms with Crippen molar-refractivity contribution in [2.45, 2.75) is 19.5 Å². The first-order valence-electron chi connectivity index (χ1n) is 11.1. The van der Waals surface area contributed by atoms with Crippen molar-refractivity contribution in [3.05, 3.63) is 118 Å². The number of nitrogens with zero attached hydrogens (tertiary/aromatic N) is 4. The van der Waals surface area contributed by atoms with Gasteiger partial charge in [-0.15, -0.1) is 0 Å². The van der Waals surface area contributed by atoms with E-state index < -0.39 is 5.91 Å². The monoisotopic (exact) mass is 452 g/mol. The van der Waals surface area contributed by atoms with Crippen molar-refractivity contribution in [2.75, 3.05) is 6.54 Å². The molecule has 0 unspecified atom stereocenters. The molecule has 0 radical (unpaired) electrons. The molecule has 1 amide bonds. The van der Waals surface area contributed by atoms with E-state index in [0.717, 1.165) is 36.4 Å². The zero-order chi connectivity index (χ0) is 23.3. The van der Waals surface area contributed by atoms with Gasteiger partial charge in [0, 0.05) is 31.2 Å². The molecule has 170 valence electrons. The molecule has 8 heteroatoms. The number of nitrogens with one attached hydrogen (secondary N) is 2. The molecule has 8 nitrogen and oxygen atoms in total. The number of hydrogen-bond acceptors (Lipinski definition) is 5. The third-order valence-corrected chi connectivity index (χ3v) is 5.57. The SMILES string of the molecule is O=C(NCc1cn2ccc(CNCCc3ccccc3)cc2n1)c1cc(=O)n2ccccc2n1. The fraction of sp³-hybridized carbons (Fsp3) is 0.154. The van der Waals surface area contributed by atoms with Gasteiger partial charge in [0.15, 0.2) is 0 Å². The van der Waals surface area contributed by atoms with Gasteiger partial charge in [-0.2, -0.15) is 0 Å². The number of amides is 1. The molecule has 0 spiro atoms. The molecule has 5 aromatic rings. The van der Waals surface area contributed by atoms with Crippen molar-refractivity contribution in [1.82, 2.24) is 29.4 Å². The Morgan fingerprint density at radius 3 is 2.59 bits per heavy atom. The third-order valence-electron chi connectivity index (χ3n) is 5.57. The van der Waals surface area contributed by atoms with Crippen LogP contribution in [-0.4, -0.2) is 31.2 Å². The minimum atomic E-state index is -0.413. The van der Waals surface area contributed by atoms with Gasteiger partial charge in [-0.05, 0) is 48.4 Å². The van der Waals surface area contributed by atoms with Crippen LogP contribution < -0.4 is 16.2 Å². The second-order valence-electron chi connectivity index (χ2n) is 8.04. The second kappa shape index (κ2) is 9.68. The Hall–Kier alpha value is -4.30. The number of aromatic nitrogens is 4. The summed E-state index contributed by atoms with van der Waals surface area (Å²) in [6.07, 6.45) is 6.45. The summed E-state index contributed by atoms with van der Waals surface area (Å²) >= 11 is 0. The van der Waals surface area contributed by atoms with Crippen molar-refractivity contribution in [2.24, 2.45) is 0 Å². The van der Waals surface area contributed by atoms with Gasteiger partial charge < -0.3 is 15.0 Å². The molecule has 0 bridgehead atoms. The molecule has 5 rings (SSSR count). The lowest BCUT2D eigenvalue weighted by Crippen LogP contribution is -2.27. The number of imidazole rings is 1. The smallest absolute Gasteiger partial charge is 0.270 e. The maximum absolute atomic E-state index is 12.6. The molecule has 34 heavy (non-hydrogen) atoms. The molecule has 4 aromatic heterocycles. The maximum atomic E-state index is 12.6. The van der Waals surface area contributed by atoms with Crippen molar-refractivity contribution in [1.29, 1.82) is 0 Å². The van der Waals surface area contributed by atoms with Crippen molar-refractivity contribution in [3.8, 4) is 0 Å². The highest BCUT2D eigenvalue weighted by Gasteiger charge is 2.11. The van der Waals surface area contributed by atoms with Gasteiger partial charge in [-0.3, -0.25) is 14.0 Å². The number of benzene rings is 1. The summed E-state index contributed by atoms with van der Waals surface area (Å²) in [6, 6.07) is 20.9. The van der Waals surface area contributed by atoms with Gasteiger partial charge in [0.05, 0.1) is 12.2 Å². The Balaban J connectivity index is 1.19. The number of carbonyl (C=O) groups is 1. The zero-order valence-corrected chi connectivity index (χ0v) is 18.5. The Kier molecular flexibility index (Phi) is 6.13. The predicted octanol–water partition coefficient (Wildman–Crippen LogP) is 2.60. The average Bonchev–Trinajstić information content (AvgIpc) is 3.28. The van der Waals surface area contributed by atoms with Crippen LogP contribution in [0.1, 0.15) is 27.3 Å². The summed E-state index contributed by atoms with van der Waals surface area (Å²) in [5, 5.41) is 6.27. The van der Waals surface area contributed by atoms with Gasteiger partial charge in [0.2, 0.25) is 0 Å². The first-order chi connectivity index (χ1) is 16.7. The minimum Gasteiger partial charge on any atom is -0.345 e. The summed E-state index contributed by atoms with van der Waals surface area (Å²) in [6.45, 7) is 1.89. The van der Waals surface area contributed by atoms with E-state index in [1.807, 2.05) is 28.9 Å². The highest BCUT2D eigenvalue weighted by molar-refractivity contribution is 5.92. The molecule has 4 heterocycles. The normalized spacial score (nSPS) is 11.2.